The summed E-state index contributed by atoms with van der Waals surface area (Å²) in [6.07, 6.45) is 3.40. The lowest BCUT2D eigenvalue weighted by molar-refractivity contribution is 0.0520. The largest absolute Gasteiger partial charge is 0.461 e. The number of rotatable bonds is 5. The Morgan fingerprint density at radius 3 is 2.58 bits per heavy atom. The summed E-state index contributed by atoms with van der Waals surface area (Å²) in [5, 5.41) is 0. The molecule has 0 aliphatic carbocycles. The number of nitrogens with one attached hydrogen (secondary N) is 1. The second kappa shape index (κ2) is 6.18. The molecule has 0 saturated heterocycles. The maximum Gasteiger partial charge on any atom is 0.354 e. The predicted octanol–water partition coefficient (Wildman–Crippen LogP) is 3.12. The van der Waals surface area contributed by atoms with Gasteiger partial charge in [-0.05, 0) is 49.1 Å². The van der Waals surface area contributed by atoms with Crippen molar-refractivity contribution in [2.45, 2.75) is 19.8 Å². The van der Waals surface area contributed by atoms with Crippen LogP contribution in [0, 0.1) is 5.82 Å². The summed E-state index contributed by atoms with van der Waals surface area (Å²) >= 11 is 0. The molecule has 1 aromatic carbocycles. The van der Waals surface area contributed by atoms with Gasteiger partial charge in [-0.2, -0.15) is 0 Å². The van der Waals surface area contributed by atoms with Gasteiger partial charge in [-0.25, -0.2) is 9.18 Å². The number of halogens is 1. The third kappa shape index (κ3) is 3.68. The Labute approximate surface area is 111 Å². The number of H-pyrrole nitrogens is 1. The second-order valence-corrected chi connectivity index (χ2v) is 4.27. The highest BCUT2D eigenvalue weighted by Crippen LogP contribution is 2.10. The Morgan fingerprint density at radius 2 is 1.89 bits per heavy atom. The summed E-state index contributed by atoms with van der Waals surface area (Å²) in [5.74, 6) is -0.564. The van der Waals surface area contributed by atoms with Crippen molar-refractivity contribution in [3.05, 3.63) is 59.2 Å². The molecule has 0 fully saturated rings. The van der Waals surface area contributed by atoms with Crippen molar-refractivity contribution in [3.8, 4) is 0 Å². The molecule has 2 rings (SSSR count). The molecule has 3 nitrogen and oxygen atoms in total. The molecule has 1 aromatic heterocycles. The zero-order chi connectivity index (χ0) is 13.7. The summed E-state index contributed by atoms with van der Waals surface area (Å²) in [4.78, 5) is 14.4. The Bertz CT molecular complexity index is 546. The number of aromatic nitrogens is 1. The van der Waals surface area contributed by atoms with Crippen LogP contribution < -0.4 is 0 Å². The fourth-order valence-electron chi connectivity index (χ4n) is 1.85. The van der Waals surface area contributed by atoms with Crippen LogP contribution in [0.4, 0.5) is 4.39 Å². The molecule has 1 N–H and O–H groups in total. The van der Waals surface area contributed by atoms with Gasteiger partial charge in [-0.15, -0.1) is 0 Å². The lowest BCUT2D eigenvalue weighted by atomic mass is 10.1. The van der Waals surface area contributed by atoms with Crippen LogP contribution in [0.5, 0.6) is 0 Å². The van der Waals surface area contributed by atoms with Crippen molar-refractivity contribution in [3.63, 3.8) is 0 Å². The third-order valence-electron chi connectivity index (χ3n) is 2.85. The highest BCUT2D eigenvalue weighted by atomic mass is 19.1. The van der Waals surface area contributed by atoms with Crippen molar-refractivity contribution in [2.24, 2.45) is 0 Å². The quantitative estimate of drug-likeness (QED) is 0.840. The smallest absolute Gasteiger partial charge is 0.354 e. The molecule has 19 heavy (non-hydrogen) atoms. The number of esters is 1. The molecule has 1 heterocycles. The fourth-order valence-corrected chi connectivity index (χ4v) is 1.85. The normalized spacial score (nSPS) is 10.4. The van der Waals surface area contributed by atoms with Crippen LogP contribution in [-0.2, 0) is 17.6 Å². The van der Waals surface area contributed by atoms with E-state index in [-0.39, 0.29) is 11.8 Å². The van der Waals surface area contributed by atoms with Crippen LogP contribution in [0.1, 0.15) is 28.5 Å². The first kappa shape index (κ1) is 13.3. The van der Waals surface area contributed by atoms with E-state index in [1.54, 1.807) is 31.3 Å². The number of aromatic amines is 1. The lowest BCUT2D eigenvalue weighted by Gasteiger charge is -1.99. The number of benzene rings is 1. The van der Waals surface area contributed by atoms with Gasteiger partial charge in [0.2, 0.25) is 0 Å². The zero-order valence-electron chi connectivity index (χ0n) is 10.8. The van der Waals surface area contributed by atoms with Gasteiger partial charge in [0.25, 0.3) is 0 Å². The molecule has 0 atom stereocenters. The van der Waals surface area contributed by atoms with E-state index in [9.17, 15) is 9.18 Å². The van der Waals surface area contributed by atoms with Crippen LogP contribution in [0.15, 0.2) is 36.5 Å². The maximum atomic E-state index is 12.8. The number of carbonyl (C=O) groups excluding carboxylic acids is 1. The van der Waals surface area contributed by atoms with Crippen molar-refractivity contribution in [1.82, 2.24) is 4.98 Å². The highest BCUT2D eigenvalue weighted by molar-refractivity contribution is 5.87. The number of carbonyl (C=O) groups is 1. The van der Waals surface area contributed by atoms with Crippen molar-refractivity contribution in [2.75, 3.05) is 6.61 Å². The Balaban J connectivity index is 1.93. The SMILES string of the molecule is CCOC(=O)c1cc(CCc2ccc(F)cc2)c[nH]1. The molecule has 0 saturated carbocycles. The first-order chi connectivity index (χ1) is 9.19. The molecule has 100 valence electrons. The monoisotopic (exact) mass is 261 g/mol. The number of aryl methyl sites for hydroxylation is 2. The van der Waals surface area contributed by atoms with Crippen LogP contribution in [-0.4, -0.2) is 17.6 Å². The summed E-state index contributed by atoms with van der Waals surface area (Å²) in [6, 6.07) is 8.25. The molecule has 0 unspecified atom stereocenters. The van der Waals surface area contributed by atoms with Gasteiger partial charge < -0.3 is 9.72 Å². The molecule has 0 spiro atoms. The minimum atomic E-state index is -0.337. The molecule has 2 aromatic rings. The molecular formula is C15H16FNO2. The second-order valence-electron chi connectivity index (χ2n) is 4.27. The third-order valence-corrected chi connectivity index (χ3v) is 2.85. The van der Waals surface area contributed by atoms with E-state index in [0.29, 0.717) is 12.3 Å². The van der Waals surface area contributed by atoms with Gasteiger partial charge in [-0.3, -0.25) is 0 Å². The summed E-state index contributed by atoms with van der Waals surface area (Å²) in [5.41, 5.74) is 2.57. The molecule has 0 bridgehead atoms. The molecular weight excluding hydrogens is 245 g/mol. The van der Waals surface area contributed by atoms with Crippen molar-refractivity contribution in [1.29, 1.82) is 0 Å². The average Bonchev–Trinajstić information content (AvgIpc) is 2.87. The maximum absolute atomic E-state index is 12.8. The average molecular weight is 261 g/mol. The van der Waals surface area contributed by atoms with E-state index in [2.05, 4.69) is 4.98 Å². The predicted molar refractivity (Wildman–Crippen MR) is 70.6 cm³/mol. The minimum absolute atomic E-state index is 0.227. The van der Waals surface area contributed by atoms with E-state index in [4.69, 9.17) is 4.74 Å². The summed E-state index contributed by atoms with van der Waals surface area (Å²) < 4.78 is 17.7. The van der Waals surface area contributed by atoms with Crippen LogP contribution in [0.3, 0.4) is 0 Å². The van der Waals surface area contributed by atoms with Gasteiger partial charge in [0.1, 0.15) is 11.5 Å². The fraction of sp³-hybridized carbons (Fsp3) is 0.267. The minimum Gasteiger partial charge on any atom is -0.461 e. The Morgan fingerprint density at radius 1 is 1.21 bits per heavy atom. The van der Waals surface area contributed by atoms with Crippen LogP contribution in [0.2, 0.25) is 0 Å². The Kier molecular flexibility index (Phi) is 4.34. The molecule has 4 heteroatoms. The molecule has 0 amide bonds. The summed E-state index contributed by atoms with van der Waals surface area (Å²) in [7, 11) is 0. The van der Waals surface area contributed by atoms with Crippen LogP contribution >= 0.6 is 0 Å². The van der Waals surface area contributed by atoms with Crippen molar-refractivity contribution >= 4 is 5.97 Å². The van der Waals surface area contributed by atoms with Gasteiger partial charge in [0, 0.05) is 6.20 Å². The van der Waals surface area contributed by atoms with Gasteiger partial charge in [0.05, 0.1) is 6.61 Å². The number of hydrogen-bond acceptors (Lipinski definition) is 2. The van der Waals surface area contributed by atoms with E-state index in [1.165, 1.54) is 12.1 Å². The highest BCUT2D eigenvalue weighted by Gasteiger charge is 2.09. The molecule has 0 radical (unpaired) electrons. The molecule has 0 aliphatic heterocycles. The standard InChI is InChI=1S/C15H16FNO2/c1-2-19-15(18)14-9-12(10-17-14)4-3-11-5-7-13(16)8-6-11/h5-10,17H,2-4H2,1H3. The topological polar surface area (TPSA) is 42.1 Å². The first-order valence-electron chi connectivity index (χ1n) is 6.28. The van der Waals surface area contributed by atoms with Crippen LogP contribution in [0.25, 0.3) is 0 Å². The van der Waals surface area contributed by atoms with Gasteiger partial charge >= 0.3 is 5.97 Å². The van der Waals surface area contributed by atoms with Crippen molar-refractivity contribution < 1.29 is 13.9 Å². The van der Waals surface area contributed by atoms with E-state index in [1.807, 2.05) is 0 Å². The molecule has 0 aliphatic rings. The summed E-state index contributed by atoms with van der Waals surface area (Å²) in [6.45, 7) is 2.14. The lowest BCUT2D eigenvalue weighted by Crippen LogP contribution is -2.04. The van der Waals surface area contributed by atoms with Gasteiger partial charge in [-0.1, -0.05) is 12.1 Å². The van der Waals surface area contributed by atoms with Gasteiger partial charge in [0.15, 0.2) is 0 Å². The van der Waals surface area contributed by atoms with E-state index >= 15 is 0 Å². The zero-order valence-corrected chi connectivity index (χ0v) is 10.8. The number of ether oxygens (including phenoxy) is 1. The van der Waals surface area contributed by atoms with E-state index in [0.717, 1.165) is 24.0 Å². The van der Waals surface area contributed by atoms with E-state index < -0.39 is 0 Å². The first-order valence-corrected chi connectivity index (χ1v) is 6.28. The Hall–Kier alpha value is -2.10. The number of hydrogen-bond donors (Lipinski definition) is 1.